The second-order valence-corrected chi connectivity index (χ2v) is 6.68. The lowest BCUT2D eigenvalue weighted by atomic mass is 10.1. The number of nitro benzene ring substituents is 1. The summed E-state index contributed by atoms with van der Waals surface area (Å²) >= 11 is 5.93. The molecule has 0 bridgehead atoms. The summed E-state index contributed by atoms with van der Waals surface area (Å²) in [5.74, 6) is -1.35. The number of hydrogen-bond acceptors (Lipinski definition) is 5. The summed E-state index contributed by atoms with van der Waals surface area (Å²) in [4.78, 5) is 37.4. The van der Waals surface area contributed by atoms with Crippen molar-refractivity contribution in [3.63, 3.8) is 0 Å². The Kier molecular flexibility index (Phi) is 5.32. The minimum atomic E-state index is -0.687. The molecule has 28 heavy (non-hydrogen) atoms. The molecule has 0 unspecified atom stereocenters. The number of rotatable bonds is 5. The maximum atomic E-state index is 12.2. The number of amides is 1. The van der Waals surface area contributed by atoms with Crippen LogP contribution in [-0.2, 0) is 9.53 Å². The Hall–Kier alpha value is -3.39. The number of aryl methyl sites for hydroxylation is 2. The molecule has 1 heterocycles. The number of hydrogen-bond donors (Lipinski definition) is 2. The summed E-state index contributed by atoms with van der Waals surface area (Å²) in [5, 5.41) is 14.2. The Labute approximate surface area is 164 Å². The molecule has 0 atom stereocenters. The van der Waals surface area contributed by atoms with Gasteiger partial charge in [-0.25, -0.2) is 4.79 Å². The number of nitrogens with one attached hydrogen (secondary N) is 2. The van der Waals surface area contributed by atoms with Gasteiger partial charge in [0.1, 0.15) is 5.69 Å². The van der Waals surface area contributed by atoms with Gasteiger partial charge in [0.15, 0.2) is 6.61 Å². The fraction of sp³-hybridized carbons (Fsp3) is 0.158. The third-order valence-electron chi connectivity index (χ3n) is 4.08. The normalized spacial score (nSPS) is 10.7. The molecular formula is C19H16ClN3O5. The largest absolute Gasteiger partial charge is 0.451 e. The number of anilines is 1. The number of halogens is 1. The highest BCUT2D eigenvalue weighted by atomic mass is 35.5. The van der Waals surface area contributed by atoms with Gasteiger partial charge in [0.05, 0.1) is 15.6 Å². The number of ether oxygens (including phenoxy) is 1. The van der Waals surface area contributed by atoms with E-state index in [0.29, 0.717) is 0 Å². The van der Waals surface area contributed by atoms with Crippen LogP contribution in [0.2, 0.25) is 5.02 Å². The number of nitrogens with zero attached hydrogens (tertiary/aromatic N) is 1. The minimum Gasteiger partial charge on any atom is -0.451 e. The van der Waals surface area contributed by atoms with Crippen molar-refractivity contribution in [2.75, 3.05) is 11.9 Å². The SMILES string of the molecule is Cc1cc(C)c2cc(C(=O)OCC(=O)Nc3cc([N+](=O)[O-])ccc3Cl)[nH]c2c1. The van der Waals surface area contributed by atoms with E-state index >= 15 is 0 Å². The van der Waals surface area contributed by atoms with Gasteiger partial charge in [0, 0.05) is 23.0 Å². The molecule has 2 N–H and O–H groups in total. The molecule has 8 nitrogen and oxygen atoms in total. The van der Waals surface area contributed by atoms with Gasteiger partial charge in [-0.3, -0.25) is 14.9 Å². The Morgan fingerprint density at radius 2 is 1.96 bits per heavy atom. The van der Waals surface area contributed by atoms with Crippen LogP contribution in [-0.4, -0.2) is 28.4 Å². The van der Waals surface area contributed by atoms with Crippen LogP contribution in [0.15, 0.2) is 36.4 Å². The monoisotopic (exact) mass is 401 g/mol. The molecule has 9 heteroatoms. The molecule has 0 radical (unpaired) electrons. The molecule has 0 fully saturated rings. The fourth-order valence-electron chi connectivity index (χ4n) is 2.83. The van der Waals surface area contributed by atoms with Gasteiger partial charge < -0.3 is 15.0 Å². The molecule has 0 saturated heterocycles. The van der Waals surface area contributed by atoms with Gasteiger partial charge in [0.2, 0.25) is 0 Å². The first kappa shape index (κ1) is 19.4. The lowest BCUT2D eigenvalue weighted by Gasteiger charge is -2.07. The van der Waals surface area contributed by atoms with E-state index in [2.05, 4.69) is 10.3 Å². The second kappa shape index (κ2) is 7.69. The number of aromatic nitrogens is 1. The first-order chi connectivity index (χ1) is 13.2. The average molecular weight is 402 g/mol. The van der Waals surface area contributed by atoms with E-state index in [1.165, 1.54) is 12.1 Å². The number of benzene rings is 2. The molecule has 3 rings (SSSR count). The van der Waals surface area contributed by atoms with E-state index in [1.807, 2.05) is 26.0 Å². The molecule has 3 aromatic rings. The zero-order chi connectivity index (χ0) is 20.4. The van der Waals surface area contributed by atoms with Crippen molar-refractivity contribution >= 4 is 45.8 Å². The van der Waals surface area contributed by atoms with Crippen LogP contribution in [0.1, 0.15) is 21.6 Å². The Bertz CT molecular complexity index is 1110. The van der Waals surface area contributed by atoms with Gasteiger partial charge >= 0.3 is 5.97 Å². The number of fused-ring (bicyclic) bond motifs is 1. The van der Waals surface area contributed by atoms with E-state index in [9.17, 15) is 19.7 Å². The van der Waals surface area contributed by atoms with Gasteiger partial charge in [-0.15, -0.1) is 0 Å². The minimum absolute atomic E-state index is 0.0635. The van der Waals surface area contributed by atoms with E-state index in [0.717, 1.165) is 28.1 Å². The molecule has 2 aromatic carbocycles. The maximum absolute atomic E-state index is 12.2. The van der Waals surface area contributed by atoms with E-state index in [1.54, 1.807) is 6.07 Å². The number of non-ortho nitro benzene ring substituents is 1. The number of H-pyrrole nitrogens is 1. The van der Waals surface area contributed by atoms with Crippen LogP contribution < -0.4 is 5.32 Å². The van der Waals surface area contributed by atoms with Crippen LogP contribution in [0, 0.1) is 24.0 Å². The van der Waals surface area contributed by atoms with E-state index in [4.69, 9.17) is 16.3 Å². The van der Waals surface area contributed by atoms with Gasteiger partial charge in [-0.05, 0) is 43.2 Å². The summed E-state index contributed by atoms with van der Waals surface area (Å²) in [6.07, 6.45) is 0. The van der Waals surface area contributed by atoms with Crippen LogP contribution in [0.5, 0.6) is 0 Å². The number of carbonyl (C=O) groups excluding carboxylic acids is 2. The van der Waals surface area contributed by atoms with Crippen molar-refractivity contribution in [2.45, 2.75) is 13.8 Å². The standard InChI is InChI=1S/C19H16ClN3O5/c1-10-5-11(2)13-8-17(21-15(13)6-10)19(25)28-9-18(24)22-16-7-12(23(26)27)3-4-14(16)20/h3-8,21H,9H2,1-2H3,(H,22,24). The third-order valence-corrected chi connectivity index (χ3v) is 4.41. The van der Waals surface area contributed by atoms with Crippen molar-refractivity contribution in [3.05, 3.63) is 68.4 Å². The van der Waals surface area contributed by atoms with Crippen molar-refractivity contribution in [3.8, 4) is 0 Å². The first-order valence-electron chi connectivity index (χ1n) is 8.25. The molecule has 0 saturated carbocycles. The molecule has 0 spiro atoms. The lowest BCUT2D eigenvalue weighted by Crippen LogP contribution is -2.21. The highest BCUT2D eigenvalue weighted by Gasteiger charge is 2.16. The third kappa shape index (κ3) is 4.12. The molecule has 1 aromatic heterocycles. The maximum Gasteiger partial charge on any atom is 0.355 e. The summed E-state index contributed by atoms with van der Waals surface area (Å²) in [6, 6.07) is 9.23. The highest BCUT2D eigenvalue weighted by molar-refractivity contribution is 6.33. The zero-order valence-corrected chi connectivity index (χ0v) is 15.8. The predicted molar refractivity (Wildman–Crippen MR) is 105 cm³/mol. The molecule has 144 valence electrons. The fourth-order valence-corrected chi connectivity index (χ4v) is 2.99. The smallest absolute Gasteiger partial charge is 0.355 e. The van der Waals surface area contributed by atoms with Crippen molar-refractivity contribution in [1.29, 1.82) is 0 Å². The Morgan fingerprint density at radius 1 is 1.21 bits per heavy atom. The van der Waals surface area contributed by atoms with Crippen LogP contribution in [0.3, 0.4) is 0 Å². The van der Waals surface area contributed by atoms with E-state index < -0.39 is 23.4 Å². The summed E-state index contributed by atoms with van der Waals surface area (Å²) < 4.78 is 5.02. The lowest BCUT2D eigenvalue weighted by molar-refractivity contribution is -0.384. The molecule has 0 aliphatic carbocycles. The number of aromatic amines is 1. The Balaban J connectivity index is 1.66. The van der Waals surface area contributed by atoms with Crippen LogP contribution in [0.25, 0.3) is 10.9 Å². The quantitative estimate of drug-likeness (QED) is 0.378. The van der Waals surface area contributed by atoms with Crippen molar-refractivity contribution < 1.29 is 19.2 Å². The topological polar surface area (TPSA) is 114 Å². The molecule has 0 aliphatic rings. The van der Waals surface area contributed by atoms with Gasteiger partial charge in [-0.1, -0.05) is 17.7 Å². The zero-order valence-electron chi connectivity index (χ0n) is 15.0. The second-order valence-electron chi connectivity index (χ2n) is 6.27. The summed E-state index contributed by atoms with van der Waals surface area (Å²) in [6.45, 7) is 3.33. The summed E-state index contributed by atoms with van der Waals surface area (Å²) in [5.41, 5.74) is 2.94. The highest BCUT2D eigenvalue weighted by Crippen LogP contribution is 2.26. The number of nitro groups is 1. The van der Waals surface area contributed by atoms with Crippen LogP contribution >= 0.6 is 11.6 Å². The van der Waals surface area contributed by atoms with Crippen molar-refractivity contribution in [2.24, 2.45) is 0 Å². The molecule has 1 amide bonds. The number of esters is 1. The Morgan fingerprint density at radius 3 is 2.68 bits per heavy atom. The molecular weight excluding hydrogens is 386 g/mol. The molecule has 0 aliphatic heterocycles. The van der Waals surface area contributed by atoms with E-state index in [-0.39, 0.29) is 22.1 Å². The predicted octanol–water partition coefficient (Wildman–Crippen LogP) is 4.14. The van der Waals surface area contributed by atoms with Gasteiger partial charge in [0.25, 0.3) is 11.6 Å². The summed E-state index contributed by atoms with van der Waals surface area (Å²) in [7, 11) is 0. The first-order valence-corrected chi connectivity index (χ1v) is 8.63. The van der Waals surface area contributed by atoms with Gasteiger partial charge in [-0.2, -0.15) is 0 Å². The number of carbonyl (C=O) groups is 2. The average Bonchev–Trinajstić information content (AvgIpc) is 3.05. The van der Waals surface area contributed by atoms with Crippen molar-refractivity contribution in [1.82, 2.24) is 4.98 Å². The van der Waals surface area contributed by atoms with Crippen LogP contribution in [0.4, 0.5) is 11.4 Å².